The Labute approximate surface area is 94.4 Å². The maximum Gasteiger partial charge on any atom is 0.163 e. The highest BCUT2D eigenvalue weighted by atomic mass is 16.5. The number of ether oxygens (including phenoxy) is 1. The van der Waals surface area contributed by atoms with Crippen molar-refractivity contribution in [2.24, 2.45) is 0 Å². The molecular weight excluding hydrogens is 204 g/mol. The lowest BCUT2D eigenvalue weighted by Crippen LogP contribution is -2.27. The van der Waals surface area contributed by atoms with Crippen LogP contribution in [0.15, 0.2) is 18.2 Å². The van der Waals surface area contributed by atoms with Crippen LogP contribution in [0.25, 0.3) is 6.08 Å². The fraction of sp³-hybridized carbons (Fsp3) is 0.308. The van der Waals surface area contributed by atoms with Crippen LogP contribution in [0, 0.1) is 0 Å². The average molecular weight is 218 g/mol. The third kappa shape index (κ3) is 1.81. The summed E-state index contributed by atoms with van der Waals surface area (Å²) in [6, 6.07) is 3.15. The predicted molar refractivity (Wildman–Crippen MR) is 61.9 cm³/mol. The van der Waals surface area contributed by atoms with Gasteiger partial charge >= 0.3 is 0 Å². The third-order valence-corrected chi connectivity index (χ3v) is 2.54. The van der Waals surface area contributed by atoms with E-state index in [1.807, 2.05) is 26.0 Å². The molecule has 1 aliphatic rings. The van der Waals surface area contributed by atoms with Crippen LogP contribution >= 0.6 is 0 Å². The molecule has 1 aromatic carbocycles. The summed E-state index contributed by atoms with van der Waals surface area (Å²) in [6.45, 7) is 5.30. The van der Waals surface area contributed by atoms with Crippen LogP contribution in [0.2, 0.25) is 0 Å². The van der Waals surface area contributed by atoms with E-state index in [0.717, 1.165) is 5.56 Å². The van der Waals surface area contributed by atoms with E-state index < -0.39 is 0 Å². The summed E-state index contributed by atoms with van der Waals surface area (Å²) in [4.78, 5) is 11.3. The van der Waals surface area contributed by atoms with Crippen molar-refractivity contribution in [3.8, 4) is 11.5 Å². The number of carbonyl (C=O) groups is 1. The topological polar surface area (TPSA) is 46.5 Å². The monoisotopic (exact) mass is 218 g/mol. The van der Waals surface area contributed by atoms with Gasteiger partial charge in [-0.2, -0.15) is 0 Å². The summed E-state index contributed by atoms with van der Waals surface area (Å²) in [5.74, 6) is 0.422. The number of phenolic OH excluding ortho intramolecular Hbond substituents is 1. The highest BCUT2D eigenvalue weighted by Crippen LogP contribution is 2.35. The van der Waals surface area contributed by atoms with Crippen LogP contribution in [-0.4, -0.2) is 16.5 Å². The number of Topliss-reactive ketones (excluding diaryl/α,β-unsaturated/α-hetero) is 1. The number of hydrogen-bond donors (Lipinski definition) is 1. The Morgan fingerprint density at radius 2 is 2.06 bits per heavy atom. The molecule has 84 valence electrons. The van der Waals surface area contributed by atoms with Gasteiger partial charge in [0.25, 0.3) is 0 Å². The molecule has 0 unspecified atom stereocenters. The summed E-state index contributed by atoms with van der Waals surface area (Å²) < 4.78 is 5.68. The SMILES string of the molecule is CC(=O)c1cc2c(cc1O)OC(C)(C)C=C2. The van der Waals surface area contributed by atoms with E-state index in [9.17, 15) is 9.90 Å². The number of aromatic hydroxyl groups is 1. The summed E-state index contributed by atoms with van der Waals surface area (Å²) in [7, 11) is 0. The van der Waals surface area contributed by atoms with Crippen molar-refractivity contribution in [2.75, 3.05) is 0 Å². The fourth-order valence-corrected chi connectivity index (χ4v) is 1.69. The Bertz CT molecular complexity index is 484. The highest BCUT2D eigenvalue weighted by molar-refractivity contribution is 5.97. The number of ketones is 1. The van der Waals surface area contributed by atoms with Crippen molar-refractivity contribution in [3.63, 3.8) is 0 Å². The van der Waals surface area contributed by atoms with Crippen molar-refractivity contribution < 1.29 is 14.6 Å². The minimum absolute atomic E-state index is 0.0302. The zero-order valence-corrected chi connectivity index (χ0v) is 9.57. The first-order chi connectivity index (χ1) is 7.39. The molecule has 0 saturated carbocycles. The van der Waals surface area contributed by atoms with E-state index in [-0.39, 0.29) is 17.1 Å². The molecule has 0 radical (unpaired) electrons. The molecular formula is C13H14O3. The van der Waals surface area contributed by atoms with Crippen molar-refractivity contribution in [3.05, 3.63) is 29.3 Å². The Balaban J connectivity index is 2.54. The standard InChI is InChI=1S/C13H14O3/c1-8(14)10-6-9-4-5-13(2,3)16-12(9)7-11(10)15/h4-7,15H,1-3H3. The van der Waals surface area contributed by atoms with Crippen LogP contribution < -0.4 is 4.74 Å². The maximum absolute atomic E-state index is 11.3. The zero-order chi connectivity index (χ0) is 11.9. The Morgan fingerprint density at radius 1 is 1.38 bits per heavy atom. The molecule has 0 amide bonds. The normalized spacial score (nSPS) is 16.4. The largest absolute Gasteiger partial charge is 0.507 e. The predicted octanol–water partition coefficient (Wildman–Crippen LogP) is 2.78. The summed E-state index contributed by atoms with van der Waals surface area (Å²) in [5, 5.41) is 9.68. The number of phenols is 1. The lowest BCUT2D eigenvalue weighted by molar-refractivity contribution is 0.101. The van der Waals surface area contributed by atoms with E-state index >= 15 is 0 Å². The molecule has 0 bridgehead atoms. The lowest BCUT2D eigenvalue weighted by Gasteiger charge is -2.28. The van der Waals surface area contributed by atoms with Gasteiger partial charge in [-0.25, -0.2) is 0 Å². The quantitative estimate of drug-likeness (QED) is 0.737. The van der Waals surface area contributed by atoms with E-state index in [0.29, 0.717) is 11.3 Å². The lowest BCUT2D eigenvalue weighted by atomic mass is 9.99. The van der Waals surface area contributed by atoms with Crippen molar-refractivity contribution in [1.82, 2.24) is 0 Å². The van der Waals surface area contributed by atoms with Gasteiger partial charge in [-0.1, -0.05) is 6.08 Å². The molecule has 2 rings (SSSR count). The second-order valence-electron chi connectivity index (χ2n) is 4.50. The minimum Gasteiger partial charge on any atom is -0.507 e. The van der Waals surface area contributed by atoms with Gasteiger partial charge in [0.2, 0.25) is 0 Å². The minimum atomic E-state index is -0.378. The zero-order valence-electron chi connectivity index (χ0n) is 9.57. The molecule has 1 aromatic rings. The first-order valence-electron chi connectivity index (χ1n) is 5.15. The molecule has 0 saturated heterocycles. The molecule has 1 aliphatic heterocycles. The molecule has 0 fully saturated rings. The van der Waals surface area contributed by atoms with E-state index in [4.69, 9.17) is 4.74 Å². The van der Waals surface area contributed by atoms with Crippen molar-refractivity contribution in [2.45, 2.75) is 26.4 Å². The molecule has 1 N–H and O–H groups in total. The van der Waals surface area contributed by atoms with Crippen LogP contribution in [0.3, 0.4) is 0 Å². The number of rotatable bonds is 1. The van der Waals surface area contributed by atoms with E-state index in [1.54, 1.807) is 6.07 Å². The van der Waals surface area contributed by atoms with Gasteiger partial charge in [0.1, 0.15) is 17.1 Å². The van der Waals surface area contributed by atoms with Gasteiger partial charge in [-0.3, -0.25) is 4.79 Å². The van der Waals surface area contributed by atoms with Crippen LogP contribution in [0.1, 0.15) is 36.7 Å². The van der Waals surface area contributed by atoms with Gasteiger partial charge in [0, 0.05) is 11.6 Å². The van der Waals surface area contributed by atoms with Gasteiger partial charge in [-0.05, 0) is 32.9 Å². The highest BCUT2D eigenvalue weighted by Gasteiger charge is 2.23. The summed E-state index contributed by atoms with van der Waals surface area (Å²) >= 11 is 0. The van der Waals surface area contributed by atoms with Gasteiger partial charge in [-0.15, -0.1) is 0 Å². The van der Waals surface area contributed by atoms with E-state index in [2.05, 4.69) is 0 Å². The fourth-order valence-electron chi connectivity index (χ4n) is 1.69. The van der Waals surface area contributed by atoms with E-state index in [1.165, 1.54) is 13.0 Å². The second kappa shape index (κ2) is 3.37. The Morgan fingerprint density at radius 3 is 2.69 bits per heavy atom. The summed E-state index contributed by atoms with van der Waals surface area (Å²) in [5.41, 5.74) is 0.769. The van der Waals surface area contributed by atoms with Crippen LogP contribution in [0.5, 0.6) is 11.5 Å². The first kappa shape index (κ1) is 10.7. The molecule has 16 heavy (non-hydrogen) atoms. The molecule has 1 heterocycles. The number of benzene rings is 1. The smallest absolute Gasteiger partial charge is 0.163 e. The molecule has 0 atom stereocenters. The van der Waals surface area contributed by atoms with Crippen molar-refractivity contribution in [1.29, 1.82) is 0 Å². The number of fused-ring (bicyclic) bond motifs is 1. The summed E-state index contributed by atoms with van der Waals surface area (Å²) in [6.07, 6.45) is 3.83. The van der Waals surface area contributed by atoms with Crippen molar-refractivity contribution >= 4 is 11.9 Å². The first-order valence-corrected chi connectivity index (χ1v) is 5.15. The number of carbonyl (C=O) groups excluding carboxylic acids is 1. The molecule has 3 nitrogen and oxygen atoms in total. The molecule has 0 spiro atoms. The Kier molecular flexibility index (Phi) is 2.26. The van der Waals surface area contributed by atoms with Gasteiger partial charge in [0.15, 0.2) is 5.78 Å². The van der Waals surface area contributed by atoms with Gasteiger partial charge < -0.3 is 9.84 Å². The van der Waals surface area contributed by atoms with Crippen LogP contribution in [-0.2, 0) is 0 Å². The Hall–Kier alpha value is -1.77. The molecule has 3 heteroatoms. The third-order valence-electron chi connectivity index (χ3n) is 2.54. The van der Waals surface area contributed by atoms with Gasteiger partial charge in [0.05, 0.1) is 5.56 Å². The average Bonchev–Trinajstić information content (AvgIpc) is 2.14. The second-order valence-corrected chi connectivity index (χ2v) is 4.50. The molecule has 0 aromatic heterocycles. The number of hydrogen-bond acceptors (Lipinski definition) is 3. The molecule has 0 aliphatic carbocycles. The van der Waals surface area contributed by atoms with Crippen LogP contribution in [0.4, 0.5) is 0 Å². The maximum atomic E-state index is 11.3.